The van der Waals surface area contributed by atoms with Gasteiger partial charge >= 0.3 is 0 Å². The molecule has 5 heteroatoms. The first-order valence-electron chi connectivity index (χ1n) is 20.7. The van der Waals surface area contributed by atoms with Crippen LogP contribution in [0.5, 0.6) is 0 Å². The number of hydrogen-bond acceptors (Lipinski definition) is 5. The van der Waals surface area contributed by atoms with Crippen LogP contribution in [0.2, 0.25) is 0 Å². The summed E-state index contributed by atoms with van der Waals surface area (Å²) in [5, 5.41) is 5.15. The van der Waals surface area contributed by atoms with Crippen molar-refractivity contribution in [2.45, 2.75) is 0 Å². The van der Waals surface area contributed by atoms with Crippen molar-refractivity contribution in [1.82, 2.24) is 15.0 Å². The van der Waals surface area contributed by atoms with Gasteiger partial charge in [0.05, 0.1) is 17.1 Å². The summed E-state index contributed by atoms with van der Waals surface area (Å²) in [6.07, 6.45) is 1.83. The Morgan fingerprint density at radius 1 is 0.258 bits per heavy atom. The topological polar surface area (TPSA) is 38.7 Å². The number of benzene rings is 8. The molecule has 8 aromatic carbocycles. The Balaban J connectivity index is 1.00. The molecule has 0 atom stereocenters. The molecule has 0 saturated carbocycles. The van der Waals surface area contributed by atoms with Gasteiger partial charge in [0.15, 0.2) is 5.82 Å². The van der Waals surface area contributed by atoms with Gasteiger partial charge in [-0.25, -0.2) is 9.97 Å². The molecule has 0 fully saturated rings. The predicted octanol–water partition coefficient (Wildman–Crippen LogP) is 16.3. The molecule has 12 aromatic rings. The third-order valence-corrected chi connectivity index (χ3v) is 14.1. The normalized spacial score (nSPS) is 11.5. The fourth-order valence-electron chi connectivity index (χ4n) is 8.58. The molecule has 0 amide bonds. The molecule has 0 aliphatic rings. The average molecular weight is 826 g/mol. The maximum absolute atomic E-state index is 5.32. The summed E-state index contributed by atoms with van der Waals surface area (Å²) < 4.78 is 5.20. The fourth-order valence-corrected chi connectivity index (χ4v) is 10.8. The van der Waals surface area contributed by atoms with Crippen molar-refractivity contribution in [3.63, 3.8) is 0 Å². The van der Waals surface area contributed by atoms with Crippen LogP contribution in [0.4, 0.5) is 0 Å². The van der Waals surface area contributed by atoms with Gasteiger partial charge in [0, 0.05) is 68.8 Å². The van der Waals surface area contributed by atoms with Crippen LogP contribution >= 0.6 is 22.7 Å². The Labute approximate surface area is 366 Å². The van der Waals surface area contributed by atoms with Gasteiger partial charge in [0.25, 0.3) is 0 Å². The van der Waals surface area contributed by atoms with E-state index in [0.29, 0.717) is 5.82 Å². The Hall–Kier alpha value is -7.57. The zero-order valence-electron chi connectivity index (χ0n) is 33.4. The number of aromatic nitrogens is 3. The van der Waals surface area contributed by atoms with E-state index in [0.717, 1.165) is 61.6 Å². The summed E-state index contributed by atoms with van der Waals surface area (Å²) >= 11 is 3.70. The number of nitrogens with zero attached hydrogens (tertiary/aromatic N) is 3. The smallest absolute Gasteiger partial charge is 0.160 e. The minimum absolute atomic E-state index is 0.691. The number of pyridine rings is 1. The van der Waals surface area contributed by atoms with E-state index in [1.165, 1.54) is 51.5 Å². The minimum Gasteiger partial charge on any atom is -0.256 e. The lowest BCUT2D eigenvalue weighted by Crippen LogP contribution is -1.96. The summed E-state index contributed by atoms with van der Waals surface area (Å²) in [7, 11) is 0. The number of rotatable bonds is 7. The highest BCUT2D eigenvalue weighted by Crippen LogP contribution is 2.41. The molecule has 0 saturated heterocycles. The van der Waals surface area contributed by atoms with Crippen molar-refractivity contribution < 1.29 is 0 Å². The Kier molecular flexibility index (Phi) is 8.87. The van der Waals surface area contributed by atoms with Gasteiger partial charge in [-0.05, 0) is 106 Å². The Morgan fingerprint density at radius 3 is 1.27 bits per heavy atom. The predicted molar refractivity (Wildman–Crippen MR) is 264 cm³/mol. The molecule has 0 aliphatic carbocycles. The second-order valence-corrected chi connectivity index (χ2v) is 17.8. The summed E-state index contributed by atoms with van der Waals surface area (Å²) in [5.74, 6) is 0.691. The van der Waals surface area contributed by atoms with E-state index in [-0.39, 0.29) is 0 Å². The molecule has 3 nitrogen and oxygen atoms in total. The Morgan fingerprint density at radius 2 is 0.710 bits per heavy atom. The second-order valence-electron chi connectivity index (χ2n) is 15.6. The van der Waals surface area contributed by atoms with Crippen LogP contribution in [0, 0.1) is 0 Å². The molecule has 0 aliphatic heterocycles. The van der Waals surface area contributed by atoms with Crippen LogP contribution in [0.3, 0.4) is 0 Å². The van der Waals surface area contributed by atoms with E-state index in [4.69, 9.17) is 9.97 Å². The van der Waals surface area contributed by atoms with Crippen LogP contribution in [0.1, 0.15) is 0 Å². The van der Waals surface area contributed by atoms with E-state index in [9.17, 15) is 0 Å². The highest BCUT2D eigenvalue weighted by Gasteiger charge is 2.16. The fraction of sp³-hybridized carbons (Fsp3) is 0. The number of hydrogen-bond donors (Lipinski definition) is 0. The van der Waals surface area contributed by atoms with Crippen LogP contribution in [-0.2, 0) is 0 Å². The third kappa shape index (κ3) is 6.65. The van der Waals surface area contributed by atoms with Gasteiger partial charge in [-0.15, -0.1) is 22.7 Å². The quantitative estimate of drug-likeness (QED) is 0.161. The van der Waals surface area contributed by atoms with Gasteiger partial charge in [-0.2, -0.15) is 0 Å². The van der Waals surface area contributed by atoms with E-state index in [2.05, 4.69) is 175 Å². The summed E-state index contributed by atoms with van der Waals surface area (Å²) in [6.45, 7) is 0. The van der Waals surface area contributed by atoms with E-state index >= 15 is 0 Å². The van der Waals surface area contributed by atoms with Crippen molar-refractivity contribution in [3.05, 3.63) is 212 Å². The molecule has 0 N–H and O–H groups in total. The second kappa shape index (κ2) is 15.2. The van der Waals surface area contributed by atoms with Crippen molar-refractivity contribution in [2.75, 3.05) is 0 Å². The molecule has 290 valence electrons. The van der Waals surface area contributed by atoms with Gasteiger partial charge in [0.2, 0.25) is 0 Å². The van der Waals surface area contributed by atoms with Gasteiger partial charge in [0.1, 0.15) is 0 Å². The largest absolute Gasteiger partial charge is 0.256 e. The molecule has 0 unspecified atom stereocenters. The summed E-state index contributed by atoms with van der Waals surface area (Å²) in [4.78, 5) is 15.0. The molecular formula is C57H35N3S2. The molecule has 0 spiro atoms. The zero-order valence-corrected chi connectivity index (χ0v) is 35.0. The first kappa shape index (κ1) is 36.3. The molecular weight excluding hydrogens is 791 g/mol. The Bertz CT molecular complexity index is 3480. The minimum atomic E-state index is 0.691. The highest BCUT2D eigenvalue weighted by atomic mass is 32.1. The van der Waals surface area contributed by atoms with E-state index in [1.807, 2.05) is 65.3 Å². The zero-order chi connectivity index (χ0) is 41.0. The third-order valence-electron chi connectivity index (χ3n) is 11.8. The number of fused-ring (bicyclic) bond motifs is 6. The van der Waals surface area contributed by atoms with Crippen LogP contribution in [0.15, 0.2) is 212 Å². The van der Waals surface area contributed by atoms with E-state index in [1.54, 1.807) is 0 Å². The SMILES string of the molecule is c1ccc(-c2nc(-c3ccc(-c4ccc(-c5ccccn5)cc4)cc3)cc(-c3cc(-c4ccc5sc6ccccc6c5c4)cc(-c4ccc5sc6ccccc6c5c4)c3)n2)cc1. The van der Waals surface area contributed by atoms with Crippen LogP contribution in [-0.4, -0.2) is 15.0 Å². The lowest BCUT2D eigenvalue weighted by Gasteiger charge is -2.14. The lowest BCUT2D eigenvalue weighted by atomic mass is 9.93. The molecule has 4 aromatic heterocycles. The molecule has 4 heterocycles. The summed E-state index contributed by atoms with van der Waals surface area (Å²) in [5.41, 5.74) is 13.8. The average Bonchev–Trinajstić information content (AvgIpc) is 3.92. The molecule has 0 radical (unpaired) electrons. The van der Waals surface area contributed by atoms with Crippen molar-refractivity contribution >= 4 is 63.0 Å². The monoisotopic (exact) mass is 825 g/mol. The maximum atomic E-state index is 5.32. The van der Waals surface area contributed by atoms with Crippen LogP contribution < -0.4 is 0 Å². The van der Waals surface area contributed by atoms with Crippen molar-refractivity contribution in [3.8, 4) is 78.5 Å². The number of thiophene rings is 2. The molecule has 0 bridgehead atoms. The first-order chi connectivity index (χ1) is 30.7. The lowest BCUT2D eigenvalue weighted by molar-refractivity contribution is 1.18. The van der Waals surface area contributed by atoms with Gasteiger partial charge < -0.3 is 0 Å². The standard InChI is InChI=1S/C57H35N3S2/c1-2-10-40(11-3-1)57-59-51(39-23-19-37(20-24-39)36-17-21-38(22-18-36)50-14-8-9-29-58-50)35-52(60-57)45-31-43(41-25-27-55-48(33-41)46-12-4-6-15-53(46)61-55)30-44(32-45)42-26-28-56-49(34-42)47-13-5-7-16-54(47)62-56/h1-35H. The maximum Gasteiger partial charge on any atom is 0.160 e. The van der Waals surface area contributed by atoms with Crippen molar-refractivity contribution in [2.24, 2.45) is 0 Å². The van der Waals surface area contributed by atoms with Crippen molar-refractivity contribution in [1.29, 1.82) is 0 Å². The van der Waals surface area contributed by atoms with Gasteiger partial charge in [-0.1, -0.05) is 133 Å². The summed E-state index contributed by atoms with van der Waals surface area (Å²) in [6, 6.07) is 74.0. The molecule has 12 rings (SSSR count). The molecule has 62 heavy (non-hydrogen) atoms. The van der Waals surface area contributed by atoms with Crippen LogP contribution in [0.25, 0.3) is 119 Å². The highest BCUT2D eigenvalue weighted by molar-refractivity contribution is 7.26. The van der Waals surface area contributed by atoms with Gasteiger partial charge in [-0.3, -0.25) is 4.98 Å². The van der Waals surface area contributed by atoms with E-state index < -0.39 is 0 Å². The first-order valence-corrected chi connectivity index (χ1v) is 22.4.